The maximum Gasteiger partial charge on any atom is 0.275 e. The van der Waals surface area contributed by atoms with Gasteiger partial charge in [-0.25, -0.2) is 5.43 Å². The number of nitrogens with zero attached hydrogens (tertiary/aromatic N) is 1. The fourth-order valence-electron chi connectivity index (χ4n) is 2.45. The number of hydrazone groups is 1. The van der Waals surface area contributed by atoms with Crippen LogP contribution >= 0.6 is 23.2 Å². The summed E-state index contributed by atoms with van der Waals surface area (Å²) in [5.74, 6) is -0.610. The summed E-state index contributed by atoms with van der Waals surface area (Å²) in [7, 11) is 0. The molecule has 25 heavy (non-hydrogen) atoms. The lowest BCUT2D eigenvalue weighted by Gasteiger charge is -2.07. The molecule has 0 fully saturated rings. The van der Waals surface area contributed by atoms with Gasteiger partial charge in [-0.05, 0) is 42.0 Å². The molecule has 0 spiro atoms. The summed E-state index contributed by atoms with van der Waals surface area (Å²) in [4.78, 5) is 12.4. The number of aromatic hydroxyl groups is 1. The molecule has 0 saturated heterocycles. The maximum absolute atomic E-state index is 12.4. The highest BCUT2D eigenvalue weighted by molar-refractivity contribution is 6.37. The van der Waals surface area contributed by atoms with Crippen LogP contribution in [0.3, 0.4) is 0 Å². The number of hydrogen-bond acceptors (Lipinski definition) is 3. The largest absolute Gasteiger partial charge is 0.507 e. The van der Waals surface area contributed by atoms with Crippen molar-refractivity contribution in [3.63, 3.8) is 0 Å². The number of rotatable bonds is 3. The summed E-state index contributed by atoms with van der Waals surface area (Å²) in [6.07, 6.45) is 0. The predicted octanol–water partition coefficient (Wildman–Crippen LogP) is 5.01. The first kappa shape index (κ1) is 17.3. The molecule has 3 aromatic rings. The van der Waals surface area contributed by atoms with Gasteiger partial charge in [0.25, 0.3) is 5.91 Å². The van der Waals surface area contributed by atoms with E-state index in [1.165, 1.54) is 0 Å². The quantitative estimate of drug-likeness (QED) is 0.501. The molecule has 0 unspecified atom stereocenters. The van der Waals surface area contributed by atoms with Crippen LogP contribution in [-0.4, -0.2) is 16.7 Å². The number of phenols is 1. The second-order valence-corrected chi connectivity index (χ2v) is 6.32. The standard InChI is InChI=1S/C19H14Cl2N2O2/c1-11(15-7-6-14(20)10-17(15)21)22-23-19(25)16-8-12-4-2-3-5-13(12)9-18(16)24/h2-10,24H,1H3,(H,23,25). The lowest BCUT2D eigenvalue weighted by Crippen LogP contribution is -2.19. The minimum Gasteiger partial charge on any atom is -0.507 e. The van der Waals surface area contributed by atoms with Gasteiger partial charge in [0.1, 0.15) is 5.75 Å². The zero-order valence-electron chi connectivity index (χ0n) is 13.3. The van der Waals surface area contributed by atoms with Gasteiger partial charge in [-0.1, -0.05) is 53.5 Å². The van der Waals surface area contributed by atoms with Crippen LogP contribution in [-0.2, 0) is 0 Å². The van der Waals surface area contributed by atoms with Crippen molar-refractivity contribution in [1.82, 2.24) is 5.43 Å². The summed E-state index contributed by atoms with van der Waals surface area (Å²) in [5, 5.41) is 16.8. The third kappa shape index (κ3) is 3.76. The number of halogens is 2. The van der Waals surface area contributed by atoms with Gasteiger partial charge in [-0.15, -0.1) is 0 Å². The van der Waals surface area contributed by atoms with Gasteiger partial charge in [0, 0.05) is 10.6 Å². The molecular weight excluding hydrogens is 359 g/mol. The molecule has 0 radical (unpaired) electrons. The third-order valence-corrected chi connectivity index (χ3v) is 4.30. The van der Waals surface area contributed by atoms with Crippen molar-refractivity contribution < 1.29 is 9.90 Å². The molecule has 6 heteroatoms. The number of benzene rings is 3. The van der Waals surface area contributed by atoms with Gasteiger partial charge in [0.15, 0.2) is 0 Å². The molecule has 0 saturated carbocycles. The second kappa shape index (κ2) is 7.13. The highest BCUT2D eigenvalue weighted by Crippen LogP contribution is 2.25. The molecule has 0 atom stereocenters. The van der Waals surface area contributed by atoms with E-state index in [1.807, 2.05) is 24.3 Å². The average Bonchev–Trinajstić information content (AvgIpc) is 2.58. The topological polar surface area (TPSA) is 61.7 Å². The predicted molar refractivity (Wildman–Crippen MR) is 102 cm³/mol. The Kier molecular flexibility index (Phi) is 4.93. The minimum absolute atomic E-state index is 0.103. The Labute approximate surface area is 154 Å². The van der Waals surface area contributed by atoms with Crippen molar-refractivity contribution in [2.45, 2.75) is 6.92 Å². The number of nitrogens with one attached hydrogen (secondary N) is 1. The Balaban J connectivity index is 1.85. The lowest BCUT2D eigenvalue weighted by molar-refractivity contribution is 0.0952. The van der Waals surface area contributed by atoms with E-state index >= 15 is 0 Å². The first-order valence-corrected chi connectivity index (χ1v) is 8.23. The van der Waals surface area contributed by atoms with E-state index in [4.69, 9.17) is 23.2 Å². The van der Waals surface area contributed by atoms with E-state index in [-0.39, 0.29) is 11.3 Å². The van der Waals surface area contributed by atoms with Crippen molar-refractivity contribution in [3.05, 3.63) is 75.8 Å². The highest BCUT2D eigenvalue weighted by atomic mass is 35.5. The average molecular weight is 373 g/mol. The molecule has 0 aromatic heterocycles. The monoisotopic (exact) mass is 372 g/mol. The van der Waals surface area contributed by atoms with Gasteiger partial charge >= 0.3 is 0 Å². The van der Waals surface area contributed by atoms with E-state index in [9.17, 15) is 9.90 Å². The van der Waals surface area contributed by atoms with Crippen LogP contribution in [0.15, 0.2) is 59.7 Å². The van der Waals surface area contributed by atoms with Crippen LogP contribution in [0, 0.1) is 0 Å². The van der Waals surface area contributed by atoms with Gasteiger partial charge in [0.2, 0.25) is 0 Å². The Morgan fingerprint density at radius 3 is 2.36 bits per heavy atom. The van der Waals surface area contributed by atoms with Crippen molar-refractivity contribution >= 4 is 45.6 Å². The number of carbonyl (C=O) groups excluding carboxylic acids is 1. The van der Waals surface area contributed by atoms with Crippen LogP contribution in [0.25, 0.3) is 10.8 Å². The number of fused-ring (bicyclic) bond motifs is 1. The smallest absolute Gasteiger partial charge is 0.275 e. The summed E-state index contributed by atoms with van der Waals surface area (Å²) >= 11 is 12.0. The van der Waals surface area contributed by atoms with Crippen molar-refractivity contribution in [2.24, 2.45) is 5.10 Å². The summed E-state index contributed by atoms with van der Waals surface area (Å²) < 4.78 is 0. The fourth-order valence-corrected chi connectivity index (χ4v) is 2.99. The summed E-state index contributed by atoms with van der Waals surface area (Å²) in [6, 6.07) is 15.7. The van der Waals surface area contributed by atoms with E-state index in [0.717, 1.165) is 10.8 Å². The molecule has 0 heterocycles. The molecule has 3 rings (SSSR count). The summed E-state index contributed by atoms with van der Waals surface area (Å²) in [6.45, 7) is 1.72. The van der Waals surface area contributed by atoms with Gasteiger partial charge in [0.05, 0.1) is 16.3 Å². The Bertz CT molecular complexity index is 1000. The lowest BCUT2D eigenvalue weighted by atomic mass is 10.1. The molecule has 126 valence electrons. The Hall–Kier alpha value is -2.56. The van der Waals surface area contributed by atoms with Crippen LogP contribution in [0.2, 0.25) is 10.0 Å². The van der Waals surface area contributed by atoms with E-state index in [1.54, 1.807) is 37.3 Å². The van der Waals surface area contributed by atoms with Crippen molar-refractivity contribution in [1.29, 1.82) is 0 Å². The Morgan fingerprint density at radius 1 is 1.00 bits per heavy atom. The zero-order chi connectivity index (χ0) is 18.0. The molecule has 1 amide bonds. The molecule has 4 nitrogen and oxygen atoms in total. The van der Waals surface area contributed by atoms with E-state index < -0.39 is 5.91 Å². The number of carbonyl (C=O) groups is 1. The first-order valence-electron chi connectivity index (χ1n) is 7.47. The van der Waals surface area contributed by atoms with Crippen molar-refractivity contribution in [3.8, 4) is 5.75 Å². The molecule has 0 aliphatic heterocycles. The van der Waals surface area contributed by atoms with Crippen LogP contribution in [0.1, 0.15) is 22.8 Å². The fraction of sp³-hybridized carbons (Fsp3) is 0.0526. The second-order valence-electron chi connectivity index (χ2n) is 5.48. The van der Waals surface area contributed by atoms with Gasteiger partial charge < -0.3 is 5.11 Å². The first-order chi connectivity index (χ1) is 12.0. The van der Waals surface area contributed by atoms with E-state index in [2.05, 4.69) is 10.5 Å². The summed E-state index contributed by atoms with van der Waals surface area (Å²) in [5.41, 5.74) is 3.78. The third-order valence-electron chi connectivity index (χ3n) is 3.75. The maximum atomic E-state index is 12.4. The SMILES string of the molecule is CC(=NNC(=O)c1cc2ccccc2cc1O)c1ccc(Cl)cc1Cl. The molecule has 2 N–H and O–H groups in total. The van der Waals surface area contributed by atoms with Crippen LogP contribution in [0.4, 0.5) is 0 Å². The molecule has 0 bridgehead atoms. The number of amides is 1. The van der Waals surface area contributed by atoms with Crippen LogP contribution < -0.4 is 5.43 Å². The zero-order valence-corrected chi connectivity index (χ0v) is 14.8. The minimum atomic E-state index is -0.507. The van der Waals surface area contributed by atoms with E-state index in [0.29, 0.717) is 21.3 Å². The molecule has 3 aromatic carbocycles. The number of hydrogen-bond donors (Lipinski definition) is 2. The van der Waals surface area contributed by atoms with Gasteiger partial charge in [-0.3, -0.25) is 4.79 Å². The Morgan fingerprint density at radius 2 is 1.68 bits per heavy atom. The molecular formula is C19H14Cl2N2O2. The molecule has 0 aliphatic rings. The molecule has 0 aliphatic carbocycles. The van der Waals surface area contributed by atoms with Gasteiger partial charge in [-0.2, -0.15) is 5.10 Å². The van der Waals surface area contributed by atoms with Crippen LogP contribution in [0.5, 0.6) is 5.75 Å². The highest BCUT2D eigenvalue weighted by Gasteiger charge is 2.12. The normalized spacial score (nSPS) is 11.6. The van der Waals surface area contributed by atoms with Crippen molar-refractivity contribution in [2.75, 3.05) is 0 Å². The number of phenolic OH excluding ortho intramolecular Hbond substituents is 1.